The van der Waals surface area contributed by atoms with Gasteiger partial charge in [0.15, 0.2) is 0 Å². The van der Waals surface area contributed by atoms with Gasteiger partial charge in [0, 0.05) is 66.8 Å². The van der Waals surface area contributed by atoms with Crippen LogP contribution >= 0.6 is 0 Å². The average Bonchev–Trinajstić information content (AvgIpc) is 2.18. The van der Waals surface area contributed by atoms with Gasteiger partial charge < -0.3 is 14.7 Å². The molecule has 0 heterocycles. The summed E-state index contributed by atoms with van der Waals surface area (Å²) in [5.74, 6) is 0. The average molecular weight is 1070 g/mol. The summed E-state index contributed by atoms with van der Waals surface area (Å²) < 4.78 is 0. The van der Waals surface area contributed by atoms with Gasteiger partial charge in [0.25, 0.3) is 0 Å². The molecule has 14 rings (SSSR count). The molecule has 0 bridgehead atoms. The van der Waals surface area contributed by atoms with Crippen molar-refractivity contribution in [2.75, 3.05) is 14.7 Å². The quantitative estimate of drug-likeness (QED) is 0.0892. The van der Waals surface area contributed by atoms with Crippen molar-refractivity contribution in [3.63, 3.8) is 0 Å². The second-order valence-electron chi connectivity index (χ2n) is 22.8. The zero-order valence-corrected chi connectivity index (χ0v) is 47.6. The van der Waals surface area contributed by atoms with Crippen molar-refractivity contribution in [3.8, 4) is 44.5 Å². The summed E-state index contributed by atoms with van der Waals surface area (Å²) in [5, 5.41) is 4.53. The third-order valence-corrected chi connectivity index (χ3v) is 17.0. The standard InChI is InChI=1S/C80H63N3/c1-54-34-40-63(41-35-54)81(66-29-17-26-60(48-66)57-20-9-6-10-21-57)69-46-47-71-73(51-69)79(83(65-44-38-56(3)39-45-65)68-31-19-28-62(50-68)59-24-13-8-14-25-59)74-52-72-70-32-15-16-33-76(70)80(4,5)77(72)53-75(74)78(71)82(64-42-36-55(2)37-43-64)67-30-18-27-61(49-67)58-22-11-7-12-23-58/h6-53H,1-5H3. The highest BCUT2D eigenvalue weighted by Gasteiger charge is 2.37. The van der Waals surface area contributed by atoms with Crippen molar-refractivity contribution in [1.82, 2.24) is 0 Å². The molecule has 0 saturated heterocycles. The molecule has 398 valence electrons. The van der Waals surface area contributed by atoms with Crippen LogP contribution in [0.1, 0.15) is 41.7 Å². The van der Waals surface area contributed by atoms with Gasteiger partial charge in [-0.1, -0.05) is 225 Å². The van der Waals surface area contributed by atoms with E-state index in [4.69, 9.17) is 0 Å². The van der Waals surface area contributed by atoms with Crippen LogP contribution < -0.4 is 14.7 Å². The molecule has 3 nitrogen and oxygen atoms in total. The fraction of sp³-hybridized carbons (Fsp3) is 0.0750. The van der Waals surface area contributed by atoms with Crippen molar-refractivity contribution in [1.29, 1.82) is 0 Å². The highest BCUT2D eigenvalue weighted by atomic mass is 15.2. The van der Waals surface area contributed by atoms with Crippen LogP contribution in [0.3, 0.4) is 0 Å². The van der Waals surface area contributed by atoms with Gasteiger partial charge in [-0.3, -0.25) is 0 Å². The van der Waals surface area contributed by atoms with Gasteiger partial charge >= 0.3 is 0 Å². The Morgan fingerprint density at radius 2 is 0.578 bits per heavy atom. The smallest absolute Gasteiger partial charge is 0.0620 e. The van der Waals surface area contributed by atoms with Gasteiger partial charge in [-0.05, 0) is 173 Å². The van der Waals surface area contributed by atoms with Crippen molar-refractivity contribution in [3.05, 3.63) is 319 Å². The van der Waals surface area contributed by atoms with E-state index in [2.05, 4.69) is 341 Å². The van der Waals surface area contributed by atoms with E-state index in [1.807, 2.05) is 0 Å². The maximum absolute atomic E-state index is 2.56. The molecule has 1 aliphatic carbocycles. The summed E-state index contributed by atoms with van der Waals surface area (Å²) in [4.78, 5) is 7.52. The third-order valence-electron chi connectivity index (χ3n) is 17.0. The Kier molecular flexibility index (Phi) is 12.9. The predicted octanol–water partition coefficient (Wildman–Crippen LogP) is 22.6. The van der Waals surface area contributed by atoms with Crippen LogP contribution in [0.4, 0.5) is 51.2 Å². The third kappa shape index (κ3) is 9.31. The SMILES string of the molecule is Cc1ccc(N(c2cccc(-c3ccccc3)c2)c2ccc3c(N(c4ccc(C)cc4)c4cccc(-c5ccccc5)c4)c4cc5c(cc4c(N(c4ccc(C)cc4)c4cccc(-c6ccccc6)c4)c3c2)-c2ccccc2C5(C)C)cc1. The first kappa shape index (κ1) is 51.0. The van der Waals surface area contributed by atoms with Gasteiger partial charge in [0.1, 0.15) is 0 Å². The maximum atomic E-state index is 2.56. The van der Waals surface area contributed by atoms with Crippen molar-refractivity contribution in [2.24, 2.45) is 0 Å². The summed E-state index contributed by atoms with van der Waals surface area (Å²) in [7, 11) is 0. The second kappa shape index (κ2) is 21.0. The van der Waals surface area contributed by atoms with Gasteiger partial charge in [-0.15, -0.1) is 0 Å². The number of hydrogen-bond donors (Lipinski definition) is 0. The van der Waals surface area contributed by atoms with Crippen LogP contribution in [0.5, 0.6) is 0 Å². The lowest BCUT2D eigenvalue weighted by atomic mass is 9.81. The Morgan fingerprint density at radius 1 is 0.229 bits per heavy atom. The second-order valence-corrected chi connectivity index (χ2v) is 22.8. The van der Waals surface area contributed by atoms with E-state index >= 15 is 0 Å². The van der Waals surface area contributed by atoms with Gasteiger partial charge in [0.05, 0.1) is 11.4 Å². The molecule has 0 fully saturated rings. The van der Waals surface area contributed by atoms with E-state index in [1.54, 1.807) is 0 Å². The largest absolute Gasteiger partial charge is 0.310 e. The Morgan fingerprint density at radius 3 is 1.05 bits per heavy atom. The van der Waals surface area contributed by atoms with E-state index < -0.39 is 0 Å². The van der Waals surface area contributed by atoms with E-state index in [-0.39, 0.29) is 5.41 Å². The monoisotopic (exact) mass is 1070 g/mol. The van der Waals surface area contributed by atoms with Gasteiger partial charge in [-0.25, -0.2) is 0 Å². The Bertz CT molecular complexity index is 4530. The number of nitrogens with zero attached hydrogens (tertiary/aromatic N) is 3. The topological polar surface area (TPSA) is 9.72 Å². The van der Waals surface area contributed by atoms with Crippen LogP contribution in [0, 0.1) is 20.8 Å². The van der Waals surface area contributed by atoms with E-state index in [1.165, 1.54) is 55.6 Å². The highest BCUT2D eigenvalue weighted by molar-refractivity contribution is 6.25. The molecule has 0 amide bonds. The lowest BCUT2D eigenvalue weighted by molar-refractivity contribution is 0.661. The zero-order valence-electron chi connectivity index (χ0n) is 47.6. The van der Waals surface area contributed by atoms with Crippen molar-refractivity contribution < 1.29 is 0 Å². The molecule has 0 radical (unpaired) electrons. The predicted molar refractivity (Wildman–Crippen MR) is 354 cm³/mol. The molecule has 0 aliphatic heterocycles. The summed E-state index contributed by atoms with van der Waals surface area (Å²) in [5.41, 5.74) is 25.2. The number of fused-ring (bicyclic) bond motifs is 5. The van der Waals surface area contributed by atoms with Gasteiger partial charge in [-0.2, -0.15) is 0 Å². The van der Waals surface area contributed by atoms with E-state index in [0.29, 0.717) is 0 Å². The van der Waals surface area contributed by atoms with Crippen LogP contribution in [-0.2, 0) is 5.41 Å². The molecule has 83 heavy (non-hydrogen) atoms. The fourth-order valence-electron chi connectivity index (χ4n) is 12.7. The summed E-state index contributed by atoms with van der Waals surface area (Å²) >= 11 is 0. The number of rotatable bonds is 12. The summed E-state index contributed by atoms with van der Waals surface area (Å²) in [6.07, 6.45) is 0. The first-order valence-corrected chi connectivity index (χ1v) is 28.9. The summed E-state index contributed by atoms with van der Waals surface area (Å²) in [6, 6.07) is 108. The molecule has 1 aliphatic rings. The highest BCUT2D eigenvalue weighted by Crippen LogP contribution is 2.57. The molecule has 13 aromatic carbocycles. The normalized spacial score (nSPS) is 12.3. The number of hydrogen-bond acceptors (Lipinski definition) is 3. The first-order valence-electron chi connectivity index (χ1n) is 28.9. The summed E-state index contributed by atoms with van der Waals surface area (Å²) in [6.45, 7) is 11.3. The minimum absolute atomic E-state index is 0.276. The van der Waals surface area contributed by atoms with E-state index in [9.17, 15) is 0 Å². The number of aryl methyl sites for hydroxylation is 3. The lowest BCUT2D eigenvalue weighted by Crippen LogP contribution is -2.17. The molecule has 0 spiro atoms. The number of benzene rings is 13. The molecule has 0 atom stereocenters. The van der Waals surface area contributed by atoms with Crippen LogP contribution in [0.25, 0.3) is 66.1 Å². The Hall–Kier alpha value is -10.2. The van der Waals surface area contributed by atoms with Crippen molar-refractivity contribution in [2.45, 2.75) is 40.0 Å². The molecule has 0 N–H and O–H groups in total. The van der Waals surface area contributed by atoms with Gasteiger partial charge in [0.2, 0.25) is 0 Å². The minimum atomic E-state index is -0.276. The minimum Gasteiger partial charge on any atom is -0.310 e. The Balaban J connectivity index is 1.16. The van der Waals surface area contributed by atoms with Crippen molar-refractivity contribution >= 4 is 72.7 Å². The van der Waals surface area contributed by atoms with Crippen LogP contribution in [0.2, 0.25) is 0 Å². The molecule has 0 saturated carbocycles. The van der Waals surface area contributed by atoms with Crippen LogP contribution in [-0.4, -0.2) is 0 Å². The maximum Gasteiger partial charge on any atom is 0.0620 e. The zero-order chi connectivity index (χ0) is 56.2. The lowest BCUT2D eigenvalue weighted by Gasteiger charge is -2.34. The Labute approximate surface area is 488 Å². The van der Waals surface area contributed by atoms with E-state index in [0.717, 1.165) is 89.4 Å². The number of anilines is 9. The molecule has 3 heteroatoms. The van der Waals surface area contributed by atoms with Crippen LogP contribution in [0.15, 0.2) is 291 Å². The molecule has 0 aromatic heterocycles. The molecular weight excluding hydrogens is 1000 g/mol. The molecule has 13 aromatic rings. The first-order chi connectivity index (χ1) is 40.6. The fourth-order valence-corrected chi connectivity index (χ4v) is 12.7. The molecular formula is C80H63N3. The molecule has 0 unspecified atom stereocenters.